The van der Waals surface area contributed by atoms with Crippen LogP contribution in [0.25, 0.3) is 0 Å². The molecule has 2 saturated carbocycles. The molecule has 2 fully saturated rings. The summed E-state index contributed by atoms with van der Waals surface area (Å²) in [5.74, 6) is 1.00. The van der Waals surface area contributed by atoms with E-state index in [-0.39, 0.29) is 0 Å². The van der Waals surface area contributed by atoms with Gasteiger partial charge < -0.3 is 4.74 Å². The van der Waals surface area contributed by atoms with Crippen molar-refractivity contribution in [2.24, 2.45) is 11.8 Å². The van der Waals surface area contributed by atoms with Crippen LogP contribution in [-0.2, 0) is 4.74 Å². The lowest BCUT2D eigenvalue weighted by molar-refractivity contribution is -0.0848. The maximum atomic E-state index is 12.3. The van der Waals surface area contributed by atoms with Crippen molar-refractivity contribution in [1.82, 2.24) is 0 Å². The summed E-state index contributed by atoms with van der Waals surface area (Å²) in [4.78, 5) is 0. The number of ether oxygens (including phenoxy) is 1. The summed E-state index contributed by atoms with van der Waals surface area (Å²) in [7, 11) is 0. The predicted molar refractivity (Wildman–Crippen MR) is 68.3 cm³/mol. The molecule has 0 radical (unpaired) electrons. The normalized spacial score (nSPS) is 23.1. The van der Waals surface area contributed by atoms with E-state index in [0.717, 1.165) is 25.7 Å². The van der Waals surface area contributed by atoms with Crippen molar-refractivity contribution in [2.75, 3.05) is 0 Å². The Bertz CT molecular complexity index is 244. The van der Waals surface area contributed by atoms with Crippen LogP contribution in [0.4, 0.5) is 8.78 Å². The second kappa shape index (κ2) is 7.10. The van der Waals surface area contributed by atoms with Crippen molar-refractivity contribution in [3.05, 3.63) is 11.8 Å². The Labute approximate surface area is 109 Å². The van der Waals surface area contributed by atoms with Crippen molar-refractivity contribution in [1.29, 1.82) is 0 Å². The van der Waals surface area contributed by atoms with E-state index in [1.54, 1.807) is 0 Å². The number of hydrogen-bond acceptors (Lipinski definition) is 1. The molecule has 2 aliphatic carbocycles. The second-order valence-corrected chi connectivity index (χ2v) is 5.68. The van der Waals surface area contributed by atoms with Gasteiger partial charge >= 0.3 is 6.61 Å². The third-order valence-corrected chi connectivity index (χ3v) is 4.46. The summed E-state index contributed by atoms with van der Waals surface area (Å²) in [6.07, 6.45) is 13.6. The molecule has 0 amide bonds. The summed E-state index contributed by atoms with van der Waals surface area (Å²) in [6.45, 7) is -2.67. The van der Waals surface area contributed by atoms with Crippen molar-refractivity contribution in [3.63, 3.8) is 0 Å². The molecule has 0 atom stereocenters. The summed E-state index contributed by atoms with van der Waals surface area (Å²) < 4.78 is 29.0. The Morgan fingerprint density at radius 2 is 1.28 bits per heavy atom. The van der Waals surface area contributed by atoms with Gasteiger partial charge in [-0.3, -0.25) is 0 Å². The SMILES string of the molecule is FC(F)OC=C(C1CCCCC1)C1CCCCC1. The quantitative estimate of drug-likeness (QED) is 0.624. The fourth-order valence-electron chi connectivity index (χ4n) is 3.53. The minimum atomic E-state index is -2.67. The van der Waals surface area contributed by atoms with Crippen LogP contribution in [0.3, 0.4) is 0 Å². The van der Waals surface area contributed by atoms with Crippen LogP contribution in [0.15, 0.2) is 11.8 Å². The first-order valence-corrected chi connectivity index (χ1v) is 7.41. The molecule has 0 aromatic carbocycles. The first kappa shape index (κ1) is 13.8. The van der Waals surface area contributed by atoms with Crippen molar-refractivity contribution < 1.29 is 13.5 Å². The molecule has 0 spiro atoms. The maximum Gasteiger partial charge on any atom is 0.386 e. The molecule has 0 aliphatic heterocycles. The second-order valence-electron chi connectivity index (χ2n) is 5.68. The average Bonchev–Trinajstić information content (AvgIpc) is 2.41. The van der Waals surface area contributed by atoms with Crippen LogP contribution in [0.5, 0.6) is 0 Å². The van der Waals surface area contributed by atoms with E-state index in [4.69, 9.17) is 0 Å². The van der Waals surface area contributed by atoms with Gasteiger partial charge in [0.05, 0.1) is 6.26 Å². The van der Waals surface area contributed by atoms with Gasteiger partial charge in [-0.05, 0) is 43.1 Å². The smallest absolute Gasteiger partial charge is 0.386 e. The molecule has 1 nitrogen and oxygen atoms in total. The first-order chi connectivity index (χ1) is 8.77. The summed E-state index contributed by atoms with van der Waals surface area (Å²) in [5, 5.41) is 0. The molecule has 0 bridgehead atoms. The topological polar surface area (TPSA) is 9.23 Å². The van der Waals surface area contributed by atoms with Gasteiger partial charge in [-0.2, -0.15) is 8.78 Å². The average molecular weight is 258 g/mol. The minimum Gasteiger partial charge on any atom is -0.443 e. The van der Waals surface area contributed by atoms with E-state index >= 15 is 0 Å². The monoisotopic (exact) mass is 258 g/mol. The number of allylic oxidation sites excluding steroid dienone is 1. The standard InChI is InChI=1S/C15H24F2O/c16-15(17)18-11-14(12-7-3-1-4-8-12)13-9-5-2-6-10-13/h11-13,15H,1-10H2. The third kappa shape index (κ3) is 3.96. The molecular weight excluding hydrogens is 234 g/mol. The predicted octanol–water partition coefficient (Wildman–Crippen LogP) is 5.27. The Morgan fingerprint density at radius 3 is 1.67 bits per heavy atom. The molecule has 0 saturated heterocycles. The number of hydrogen-bond donors (Lipinski definition) is 0. The maximum absolute atomic E-state index is 12.3. The molecular formula is C15H24F2O. The molecule has 0 unspecified atom stereocenters. The van der Waals surface area contributed by atoms with Gasteiger partial charge in [0.25, 0.3) is 0 Å². The van der Waals surface area contributed by atoms with Crippen LogP contribution >= 0.6 is 0 Å². The van der Waals surface area contributed by atoms with Gasteiger partial charge in [-0.1, -0.05) is 38.5 Å². The van der Waals surface area contributed by atoms with Gasteiger partial charge in [0.1, 0.15) is 0 Å². The minimum absolute atomic E-state index is 0.501. The third-order valence-electron chi connectivity index (χ3n) is 4.46. The zero-order chi connectivity index (χ0) is 12.8. The van der Waals surface area contributed by atoms with Gasteiger partial charge in [0, 0.05) is 0 Å². The lowest BCUT2D eigenvalue weighted by Crippen LogP contribution is -2.19. The first-order valence-electron chi connectivity index (χ1n) is 7.41. The largest absolute Gasteiger partial charge is 0.443 e. The number of rotatable bonds is 4. The van der Waals surface area contributed by atoms with Crippen molar-refractivity contribution in [2.45, 2.75) is 70.8 Å². The molecule has 3 heteroatoms. The van der Waals surface area contributed by atoms with Crippen LogP contribution in [0, 0.1) is 11.8 Å². The summed E-state index contributed by atoms with van der Waals surface area (Å²) >= 11 is 0. The van der Waals surface area contributed by atoms with Crippen LogP contribution in [0.2, 0.25) is 0 Å². The summed E-state index contributed by atoms with van der Waals surface area (Å²) in [5.41, 5.74) is 1.19. The zero-order valence-corrected chi connectivity index (χ0v) is 11.0. The molecule has 0 aromatic rings. The number of halogens is 2. The Balaban J connectivity index is 2.02. The molecule has 2 aliphatic rings. The van der Waals surface area contributed by atoms with Crippen LogP contribution in [0.1, 0.15) is 64.2 Å². The number of alkyl halides is 2. The molecule has 104 valence electrons. The highest BCUT2D eigenvalue weighted by Crippen LogP contribution is 2.39. The fraction of sp³-hybridized carbons (Fsp3) is 0.867. The lowest BCUT2D eigenvalue weighted by Gasteiger charge is -2.32. The van der Waals surface area contributed by atoms with E-state index in [2.05, 4.69) is 4.74 Å². The highest BCUT2D eigenvalue weighted by atomic mass is 19.3. The van der Waals surface area contributed by atoms with Gasteiger partial charge in [0.2, 0.25) is 0 Å². The van der Waals surface area contributed by atoms with Crippen LogP contribution in [-0.4, -0.2) is 6.61 Å². The molecule has 0 N–H and O–H groups in total. The van der Waals surface area contributed by atoms with E-state index in [0.29, 0.717) is 11.8 Å². The van der Waals surface area contributed by atoms with Gasteiger partial charge in [-0.15, -0.1) is 0 Å². The van der Waals surface area contributed by atoms with E-state index in [1.165, 1.54) is 50.4 Å². The van der Waals surface area contributed by atoms with Crippen LogP contribution < -0.4 is 0 Å². The van der Waals surface area contributed by atoms with E-state index in [9.17, 15) is 8.78 Å². The fourth-order valence-corrected chi connectivity index (χ4v) is 3.53. The Hall–Kier alpha value is -0.600. The Morgan fingerprint density at radius 1 is 0.833 bits per heavy atom. The van der Waals surface area contributed by atoms with E-state index < -0.39 is 6.61 Å². The molecule has 18 heavy (non-hydrogen) atoms. The summed E-state index contributed by atoms with van der Waals surface area (Å²) in [6, 6.07) is 0. The Kier molecular flexibility index (Phi) is 5.45. The highest BCUT2D eigenvalue weighted by Gasteiger charge is 2.26. The van der Waals surface area contributed by atoms with Gasteiger partial charge in [0.15, 0.2) is 0 Å². The molecule has 2 rings (SSSR count). The van der Waals surface area contributed by atoms with Crippen molar-refractivity contribution >= 4 is 0 Å². The highest BCUT2D eigenvalue weighted by molar-refractivity contribution is 5.10. The van der Waals surface area contributed by atoms with Gasteiger partial charge in [-0.25, -0.2) is 0 Å². The van der Waals surface area contributed by atoms with E-state index in [1.807, 2.05) is 0 Å². The van der Waals surface area contributed by atoms with Crippen molar-refractivity contribution in [3.8, 4) is 0 Å². The lowest BCUT2D eigenvalue weighted by atomic mass is 9.74. The molecule has 0 aromatic heterocycles. The molecule has 0 heterocycles. The zero-order valence-electron chi connectivity index (χ0n) is 11.0.